The number of ether oxygens (including phenoxy) is 1. The Balaban J connectivity index is 2.23. The second-order valence-corrected chi connectivity index (χ2v) is 5.64. The third kappa shape index (κ3) is 6.82. The van der Waals surface area contributed by atoms with E-state index in [0.29, 0.717) is 12.2 Å². The zero-order valence-electron chi connectivity index (χ0n) is 11.8. The van der Waals surface area contributed by atoms with Gasteiger partial charge in [-0.25, -0.2) is 0 Å². The summed E-state index contributed by atoms with van der Waals surface area (Å²) in [5.74, 6) is 0.117. The third-order valence-electron chi connectivity index (χ3n) is 2.98. The van der Waals surface area contributed by atoms with Crippen molar-refractivity contribution in [1.29, 1.82) is 0 Å². The zero-order chi connectivity index (χ0) is 14.8. The van der Waals surface area contributed by atoms with E-state index in [1.807, 2.05) is 0 Å². The van der Waals surface area contributed by atoms with E-state index >= 15 is 0 Å². The van der Waals surface area contributed by atoms with Crippen molar-refractivity contribution >= 4 is 17.0 Å². The van der Waals surface area contributed by atoms with Crippen LogP contribution >= 0.6 is 0 Å². The Morgan fingerprint density at radius 2 is 1.70 bits per heavy atom. The van der Waals surface area contributed by atoms with Crippen molar-refractivity contribution in [3.8, 4) is 5.75 Å². The van der Waals surface area contributed by atoms with E-state index in [1.54, 1.807) is 0 Å². The molecule has 0 spiro atoms. The molecule has 0 aliphatic rings. The van der Waals surface area contributed by atoms with Crippen LogP contribution in [0.2, 0.25) is 0 Å². The highest BCUT2D eigenvalue weighted by Crippen LogP contribution is 2.15. The number of carbonyl (C=O) groups is 1. The molecule has 1 aromatic carbocycles. The molecule has 1 aromatic rings. The fraction of sp³-hybridized carbons (Fsp3) is 0.533. The van der Waals surface area contributed by atoms with Crippen molar-refractivity contribution in [1.82, 2.24) is 0 Å². The first-order valence-corrected chi connectivity index (χ1v) is 8.11. The summed E-state index contributed by atoms with van der Waals surface area (Å²) < 4.78 is 26.5. The van der Waals surface area contributed by atoms with Gasteiger partial charge in [0, 0.05) is 11.3 Å². The van der Waals surface area contributed by atoms with Crippen LogP contribution in [0, 0.1) is 0 Å². The Labute approximate surface area is 122 Å². The molecule has 0 heterocycles. The van der Waals surface area contributed by atoms with Gasteiger partial charge < -0.3 is 9.29 Å². The molecule has 0 aromatic heterocycles. The predicted molar refractivity (Wildman–Crippen MR) is 77.3 cm³/mol. The quantitative estimate of drug-likeness (QED) is 0.302. The topological polar surface area (TPSA) is 66.4 Å². The van der Waals surface area contributed by atoms with Gasteiger partial charge in [-0.3, -0.25) is 9.00 Å². The number of esters is 1. The van der Waals surface area contributed by atoms with Crippen molar-refractivity contribution in [2.24, 2.45) is 0 Å². The van der Waals surface area contributed by atoms with Crippen LogP contribution in [0.4, 0.5) is 0 Å². The van der Waals surface area contributed by atoms with E-state index in [4.69, 9.17) is 4.74 Å². The van der Waals surface area contributed by atoms with Crippen LogP contribution in [-0.2, 0) is 15.9 Å². The molecule has 1 unspecified atom stereocenters. The molecule has 0 saturated heterocycles. The third-order valence-corrected chi connectivity index (χ3v) is 3.64. The molecule has 0 bridgehead atoms. The molecule has 0 N–H and O–H groups in total. The predicted octanol–water partition coefficient (Wildman–Crippen LogP) is 3.58. The highest BCUT2D eigenvalue weighted by atomic mass is 32.2. The first-order valence-electron chi connectivity index (χ1n) is 7.03. The number of unbranched alkanes of at least 4 members (excludes halogenated alkanes) is 5. The molecule has 1 atom stereocenters. The van der Waals surface area contributed by atoms with Gasteiger partial charge in [0.25, 0.3) is 0 Å². The van der Waals surface area contributed by atoms with E-state index in [1.165, 1.54) is 43.5 Å². The van der Waals surface area contributed by atoms with Crippen LogP contribution in [0.25, 0.3) is 0 Å². The number of rotatable bonds is 9. The maximum atomic E-state index is 11.6. The summed E-state index contributed by atoms with van der Waals surface area (Å²) in [4.78, 5) is 11.8. The molecule has 0 amide bonds. The van der Waals surface area contributed by atoms with Crippen LogP contribution in [0.15, 0.2) is 29.2 Å². The number of hydrogen-bond acceptors (Lipinski definition) is 4. The van der Waals surface area contributed by atoms with Gasteiger partial charge in [0.2, 0.25) is 0 Å². The molecule has 20 heavy (non-hydrogen) atoms. The minimum atomic E-state index is -2.25. The largest absolute Gasteiger partial charge is 0.768 e. The fourth-order valence-corrected chi connectivity index (χ4v) is 2.21. The van der Waals surface area contributed by atoms with E-state index in [-0.39, 0.29) is 10.9 Å². The maximum Gasteiger partial charge on any atom is 0.311 e. The smallest absolute Gasteiger partial charge is 0.311 e. The number of carbonyl (C=O) groups excluding carboxylic acids is 1. The van der Waals surface area contributed by atoms with Crippen LogP contribution in [0.1, 0.15) is 51.9 Å². The van der Waals surface area contributed by atoms with Gasteiger partial charge in [-0.2, -0.15) is 0 Å². The summed E-state index contributed by atoms with van der Waals surface area (Å²) in [7, 11) is 0. The van der Waals surface area contributed by atoms with Crippen molar-refractivity contribution in [2.75, 3.05) is 0 Å². The molecular weight excluding hydrogens is 276 g/mol. The maximum absolute atomic E-state index is 11.6. The minimum absolute atomic E-state index is 0.181. The van der Waals surface area contributed by atoms with Crippen LogP contribution in [-0.4, -0.2) is 14.7 Å². The van der Waals surface area contributed by atoms with Gasteiger partial charge in [-0.1, -0.05) is 39.0 Å². The summed E-state index contributed by atoms with van der Waals surface area (Å²) in [6.07, 6.45) is 7.13. The van der Waals surface area contributed by atoms with Crippen molar-refractivity contribution in [3.05, 3.63) is 24.3 Å². The highest BCUT2D eigenvalue weighted by molar-refractivity contribution is 7.79. The molecule has 0 aliphatic carbocycles. The average molecular weight is 297 g/mol. The highest BCUT2D eigenvalue weighted by Gasteiger charge is 2.04. The second kappa shape index (κ2) is 9.66. The summed E-state index contributed by atoms with van der Waals surface area (Å²) in [6.45, 7) is 2.17. The normalized spacial score (nSPS) is 12.1. The Hall–Kier alpha value is -1.20. The number of benzene rings is 1. The molecule has 0 fully saturated rings. The SMILES string of the molecule is CCCCCCCCC(=O)Oc1ccc(S(=O)[O-])cc1. The van der Waals surface area contributed by atoms with Crippen LogP contribution in [0.3, 0.4) is 0 Å². The lowest BCUT2D eigenvalue weighted by molar-refractivity contribution is -0.134. The molecule has 0 saturated carbocycles. The molecule has 4 nitrogen and oxygen atoms in total. The van der Waals surface area contributed by atoms with Gasteiger partial charge >= 0.3 is 5.97 Å². The summed E-state index contributed by atoms with van der Waals surface area (Å²) in [5, 5.41) is 0. The van der Waals surface area contributed by atoms with Gasteiger partial charge in [-0.05, 0) is 41.8 Å². The lowest BCUT2D eigenvalue weighted by atomic mass is 10.1. The standard InChI is InChI=1S/C15H22O4S/c1-2-3-4-5-6-7-8-15(16)19-13-9-11-14(12-10-13)20(17)18/h9-12H,2-8H2,1H3,(H,17,18)/p-1. The molecule has 5 heteroatoms. The molecule has 0 radical (unpaired) electrons. The van der Waals surface area contributed by atoms with Gasteiger partial charge in [-0.15, -0.1) is 0 Å². The van der Waals surface area contributed by atoms with E-state index < -0.39 is 11.1 Å². The lowest BCUT2D eigenvalue weighted by Crippen LogP contribution is -2.07. The summed E-state index contributed by atoms with van der Waals surface area (Å²) >= 11 is -2.25. The van der Waals surface area contributed by atoms with Crippen LogP contribution in [0.5, 0.6) is 5.75 Å². The minimum Gasteiger partial charge on any atom is -0.768 e. The van der Waals surface area contributed by atoms with Gasteiger partial charge in [0.1, 0.15) is 5.75 Å². The van der Waals surface area contributed by atoms with Crippen molar-refractivity contribution < 1.29 is 18.3 Å². The average Bonchev–Trinajstić information content (AvgIpc) is 2.43. The second-order valence-electron chi connectivity index (χ2n) is 4.70. The Bertz CT molecular complexity index is 428. The Morgan fingerprint density at radius 3 is 2.30 bits per heavy atom. The van der Waals surface area contributed by atoms with E-state index in [9.17, 15) is 13.6 Å². The van der Waals surface area contributed by atoms with E-state index in [0.717, 1.165) is 19.3 Å². The lowest BCUT2D eigenvalue weighted by Gasteiger charge is -2.07. The summed E-state index contributed by atoms with van der Waals surface area (Å²) in [5.41, 5.74) is 0. The van der Waals surface area contributed by atoms with Gasteiger partial charge in [0.15, 0.2) is 0 Å². The molecular formula is C15H21O4S-. The van der Waals surface area contributed by atoms with Crippen molar-refractivity contribution in [3.63, 3.8) is 0 Å². The van der Waals surface area contributed by atoms with E-state index in [2.05, 4.69) is 6.92 Å². The first kappa shape index (κ1) is 16.9. The number of hydrogen-bond donors (Lipinski definition) is 0. The Kier molecular flexibility index (Phi) is 8.14. The molecule has 1 rings (SSSR count). The summed E-state index contributed by atoms with van der Waals surface area (Å²) in [6, 6.07) is 5.81. The molecule has 0 aliphatic heterocycles. The first-order chi connectivity index (χ1) is 9.63. The van der Waals surface area contributed by atoms with Crippen LogP contribution < -0.4 is 4.74 Å². The zero-order valence-corrected chi connectivity index (χ0v) is 12.6. The van der Waals surface area contributed by atoms with Crippen molar-refractivity contribution in [2.45, 2.75) is 56.8 Å². The molecule has 112 valence electrons. The Morgan fingerprint density at radius 1 is 1.10 bits per heavy atom. The van der Waals surface area contributed by atoms with Gasteiger partial charge in [0.05, 0.1) is 0 Å². The fourth-order valence-electron chi connectivity index (χ4n) is 1.85. The monoisotopic (exact) mass is 297 g/mol.